The Hall–Kier alpha value is -1.74. The van der Waals surface area contributed by atoms with Crippen LogP contribution in [-0.4, -0.2) is 4.57 Å². The Kier molecular flexibility index (Phi) is 4.14. The molecule has 0 aliphatic heterocycles. The van der Waals surface area contributed by atoms with Crippen LogP contribution in [0.3, 0.4) is 0 Å². The van der Waals surface area contributed by atoms with Crippen LogP contribution in [0.1, 0.15) is 38.8 Å². The molecule has 0 aliphatic rings. The van der Waals surface area contributed by atoms with Crippen molar-refractivity contribution in [2.45, 2.75) is 39.7 Å². The van der Waals surface area contributed by atoms with Crippen LogP contribution in [0.2, 0.25) is 0 Å². The lowest BCUT2D eigenvalue weighted by Crippen LogP contribution is -2.08. The second-order valence-electron chi connectivity index (χ2n) is 4.65. The zero-order chi connectivity index (χ0) is 12.0. The molecule has 0 aromatic carbocycles. The number of aromatic nitrogens is 1. The molecule has 0 aliphatic carbocycles. The summed E-state index contributed by atoms with van der Waals surface area (Å²) in [4.78, 5) is 0. The zero-order valence-electron chi connectivity index (χ0n) is 9.90. The molecular weight excluding hydrogens is 198 g/mol. The number of hydrogen-bond acceptors (Lipinski definition) is 2. The van der Waals surface area contributed by atoms with Gasteiger partial charge >= 0.3 is 0 Å². The molecule has 3 nitrogen and oxygen atoms in total. The molecule has 1 aromatic heterocycles. The van der Waals surface area contributed by atoms with Crippen molar-refractivity contribution < 1.29 is 0 Å². The number of hydrogen-bond donors (Lipinski definition) is 0. The van der Waals surface area contributed by atoms with E-state index in [2.05, 4.69) is 12.1 Å². The highest BCUT2D eigenvalue weighted by molar-refractivity contribution is 5.21. The number of nitrogens with zero attached hydrogens (tertiary/aromatic N) is 3. The smallest absolute Gasteiger partial charge is 0.120 e. The fourth-order valence-electron chi connectivity index (χ4n) is 1.62. The minimum absolute atomic E-state index is 0.227. The summed E-state index contributed by atoms with van der Waals surface area (Å²) in [6, 6.07) is 8.16. The lowest BCUT2D eigenvalue weighted by atomic mass is 9.89. The Morgan fingerprint density at radius 2 is 2.06 bits per heavy atom. The van der Waals surface area contributed by atoms with E-state index >= 15 is 0 Å². The number of aryl methyl sites for hydroxylation is 1. The maximum Gasteiger partial charge on any atom is 0.120 e. The molecule has 0 amide bonds. The van der Waals surface area contributed by atoms with Gasteiger partial charge in [-0.2, -0.15) is 10.5 Å². The third-order valence-electron chi connectivity index (χ3n) is 2.70. The van der Waals surface area contributed by atoms with E-state index in [0.29, 0.717) is 5.69 Å². The largest absolute Gasteiger partial charge is 0.339 e. The first-order valence-electron chi connectivity index (χ1n) is 5.55. The van der Waals surface area contributed by atoms with Crippen molar-refractivity contribution in [2.75, 3.05) is 0 Å². The standard InChI is InChI=1S/C13H17N3/c1-13(2,11-15)7-3-4-8-16-9-5-6-12(16)10-14/h5-6,9H,3-4,7-8H2,1-2H3. The summed E-state index contributed by atoms with van der Waals surface area (Å²) in [7, 11) is 0. The minimum atomic E-state index is -0.227. The molecule has 0 bridgehead atoms. The Balaban J connectivity index is 2.33. The Labute approximate surface area is 96.9 Å². The van der Waals surface area contributed by atoms with Gasteiger partial charge in [-0.25, -0.2) is 0 Å². The first kappa shape index (κ1) is 12.3. The predicted octanol–water partition coefficient (Wildman–Crippen LogP) is 3.08. The van der Waals surface area contributed by atoms with E-state index in [9.17, 15) is 0 Å². The molecule has 0 saturated heterocycles. The Morgan fingerprint density at radius 3 is 2.69 bits per heavy atom. The molecule has 0 saturated carbocycles. The molecule has 84 valence electrons. The molecule has 0 radical (unpaired) electrons. The van der Waals surface area contributed by atoms with Crippen LogP contribution >= 0.6 is 0 Å². The summed E-state index contributed by atoms with van der Waals surface area (Å²) >= 11 is 0. The molecule has 1 aromatic rings. The average molecular weight is 215 g/mol. The summed E-state index contributed by atoms with van der Waals surface area (Å²) in [6.07, 6.45) is 4.86. The van der Waals surface area contributed by atoms with Gasteiger partial charge in [0.1, 0.15) is 11.8 Å². The van der Waals surface area contributed by atoms with Gasteiger partial charge in [-0.05, 0) is 38.8 Å². The molecule has 3 heteroatoms. The summed E-state index contributed by atoms with van der Waals surface area (Å²) in [6.45, 7) is 4.78. The van der Waals surface area contributed by atoms with E-state index < -0.39 is 0 Å². The molecule has 0 atom stereocenters. The van der Waals surface area contributed by atoms with Crippen molar-refractivity contribution >= 4 is 0 Å². The molecule has 1 rings (SSSR count). The van der Waals surface area contributed by atoms with Gasteiger partial charge in [0.05, 0.1) is 11.5 Å². The van der Waals surface area contributed by atoms with Gasteiger partial charge in [-0.3, -0.25) is 0 Å². The first-order valence-corrected chi connectivity index (χ1v) is 5.55. The normalized spacial score (nSPS) is 10.8. The van der Waals surface area contributed by atoms with Crippen molar-refractivity contribution in [3.8, 4) is 12.1 Å². The monoisotopic (exact) mass is 215 g/mol. The Bertz CT molecular complexity index is 415. The average Bonchev–Trinajstić information content (AvgIpc) is 2.72. The maximum atomic E-state index is 8.86. The van der Waals surface area contributed by atoms with Crippen molar-refractivity contribution in [3.05, 3.63) is 24.0 Å². The van der Waals surface area contributed by atoms with E-state index in [1.54, 1.807) is 0 Å². The van der Waals surface area contributed by atoms with Crippen LogP contribution in [0.4, 0.5) is 0 Å². The lowest BCUT2D eigenvalue weighted by molar-refractivity contribution is 0.416. The van der Waals surface area contributed by atoms with Crippen LogP contribution in [0.5, 0.6) is 0 Å². The highest BCUT2D eigenvalue weighted by Gasteiger charge is 2.15. The molecule has 0 N–H and O–H groups in total. The lowest BCUT2D eigenvalue weighted by Gasteiger charge is -2.14. The SMILES string of the molecule is CC(C)(C#N)CCCCn1cccc1C#N. The molecule has 0 fully saturated rings. The van der Waals surface area contributed by atoms with Crippen LogP contribution in [0.25, 0.3) is 0 Å². The highest BCUT2D eigenvalue weighted by atomic mass is 15.0. The molecule has 0 spiro atoms. The second kappa shape index (κ2) is 5.37. The van der Waals surface area contributed by atoms with Gasteiger partial charge in [-0.15, -0.1) is 0 Å². The molecule has 0 unspecified atom stereocenters. The van der Waals surface area contributed by atoms with Gasteiger partial charge in [0.15, 0.2) is 0 Å². The van der Waals surface area contributed by atoms with Crippen LogP contribution in [0, 0.1) is 28.1 Å². The minimum Gasteiger partial charge on any atom is -0.339 e. The molecule has 16 heavy (non-hydrogen) atoms. The van der Waals surface area contributed by atoms with E-state index in [1.807, 2.05) is 36.7 Å². The van der Waals surface area contributed by atoms with Gasteiger partial charge in [0, 0.05) is 12.7 Å². The number of rotatable bonds is 5. The van der Waals surface area contributed by atoms with Crippen LogP contribution < -0.4 is 0 Å². The third-order valence-corrected chi connectivity index (χ3v) is 2.70. The van der Waals surface area contributed by atoms with Crippen molar-refractivity contribution in [1.29, 1.82) is 10.5 Å². The number of unbranched alkanes of at least 4 members (excludes halogenated alkanes) is 1. The first-order chi connectivity index (χ1) is 7.59. The van der Waals surface area contributed by atoms with E-state index in [-0.39, 0.29) is 5.41 Å². The van der Waals surface area contributed by atoms with Crippen molar-refractivity contribution in [1.82, 2.24) is 4.57 Å². The van der Waals surface area contributed by atoms with Crippen LogP contribution in [0.15, 0.2) is 18.3 Å². The Morgan fingerprint density at radius 1 is 1.31 bits per heavy atom. The van der Waals surface area contributed by atoms with E-state index in [0.717, 1.165) is 25.8 Å². The third kappa shape index (κ3) is 3.44. The summed E-state index contributed by atoms with van der Waals surface area (Å²) in [5.41, 5.74) is 0.480. The topological polar surface area (TPSA) is 52.5 Å². The molecule has 1 heterocycles. The quantitative estimate of drug-likeness (QED) is 0.709. The summed E-state index contributed by atoms with van der Waals surface area (Å²) in [5, 5.41) is 17.7. The van der Waals surface area contributed by atoms with Gasteiger partial charge < -0.3 is 4.57 Å². The van der Waals surface area contributed by atoms with E-state index in [4.69, 9.17) is 10.5 Å². The van der Waals surface area contributed by atoms with Gasteiger partial charge in [0.2, 0.25) is 0 Å². The van der Waals surface area contributed by atoms with Crippen molar-refractivity contribution in [2.24, 2.45) is 5.41 Å². The van der Waals surface area contributed by atoms with Gasteiger partial charge in [-0.1, -0.05) is 6.42 Å². The fraction of sp³-hybridized carbons (Fsp3) is 0.538. The zero-order valence-corrected chi connectivity index (χ0v) is 9.90. The summed E-state index contributed by atoms with van der Waals surface area (Å²) < 4.78 is 1.96. The van der Waals surface area contributed by atoms with E-state index in [1.165, 1.54) is 0 Å². The predicted molar refractivity (Wildman–Crippen MR) is 62.4 cm³/mol. The van der Waals surface area contributed by atoms with Gasteiger partial charge in [0.25, 0.3) is 0 Å². The maximum absolute atomic E-state index is 8.86. The van der Waals surface area contributed by atoms with Crippen molar-refractivity contribution in [3.63, 3.8) is 0 Å². The second-order valence-corrected chi connectivity index (χ2v) is 4.65. The van der Waals surface area contributed by atoms with Crippen LogP contribution in [-0.2, 0) is 6.54 Å². The summed E-state index contributed by atoms with van der Waals surface area (Å²) in [5.74, 6) is 0. The fourth-order valence-corrected chi connectivity index (χ4v) is 1.62. The highest BCUT2D eigenvalue weighted by Crippen LogP contribution is 2.21. The number of nitriles is 2. The molecular formula is C13H17N3.